The lowest BCUT2D eigenvalue weighted by Gasteiger charge is -2.36. The van der Waals surface area contributed by atoms with E-state index in [4.69, 9.17) is 29.8 Å². The first-order valence-electron chi connectivity index (χ1n) is 16.5. The summed E-state index contributed by atoms with van der Waals surface area (Å²) in [5.74, 6) is -0.706. The number of nitrogen functional groups attached to an aromatic ring is 1. The van der Waals surface area contributed by atoms with Gasteiger partial charge in [-0.05, 0) is 57.1 Å². The van der Waals surface area contributed by atoms with Gasteiger partial charge in [-0.15, -0.1) is 0 Å². The van der Waals surface area contributed by atoms with Crippen LogP contribution in [-0.2, 0) is 0 Å². The molecule has 2 unspecified atom stereocenters. The fourth-order valence-corrected chi connectivity index (χ4v) is 8.70. The number of ether oxygens (including phenoxy) is 1. The smallest absolute Gasteiger partial charge is 0.319 e. The summed E-state index contributed by atoms with van der Waals surface area (Å²) in [5.41, 5.74) is 8.18. The Morgan fingerprint density at radius 1 is 1.13 bits per heavy atom. The first-order valence-corrected chi connectivity index (χ1v) is 16.5. The number of piperazine rings is 1. The molecule has 4 saturated heterocycles. The van der Waals surface area contributed by atoms with Gasteiger partial charge in [0.25, 0.3) is 0 Å². The Morgan fingerprint density at radius 3 is 2.70 bits per heavy atom. The third-order valence-electron chi connectivity index (χ3n) is 10.9. The van der Waals surface area contributed by atoms with Gasteiger partial charge in [0.1, 0.15) is 29.7 Å². The van der Waals surface area contributed by atoms with Crippen LogP contribution in [0.4, 0.5) is 30.7 Å². The molecule has 5 aliphatic rings. The zero-order valence-electron chi connectivity index (χ0n) is 25.7. The van der Waals surface area contributed by atoms with Gasteiger partial charge < -0.3 is 30.4 Å². The van der Waals surface area contributed by atoms with Crippen molar-refractivity contribution in [3.8, 4) is 17.1 Å². The number of rotatable bonds is 7. The molecule has 13 heteroatoms. The molecule has 1 aliphatic carbocycles. The van der Waals surface area contributed by atoms with E-state index < -0.39 is 17.8 Å². The Morgan fingerprint density at radius 2 is 1.93 bits per heavy atom. The third kappa shape index (κ3) is 4.27. The van der Waals surface area contributed by atoms with E-state index in [2.05, 4.69) is 20.4 Å². The Balaban J connectivity index is 1.23. The normalized spacial score (nSPS) is 27.7. The lowest BCUT2D eigenvalue weighted by molar-refractivity contribution is 0.107. The van der Waals surface area contributed by atoms with Crippen LogP contribution in [0.15, 0.2) is 16.5 Å². The van der Waals surface area contributed by atoms with Crippen molar-refractivity contribution in [2.75, 3.05) is 55.8 Å². The number of fused-ring (bicyclic) bond motifs is 5. The minimum atomic E-state index is -1.03. The van der Waals surface area contributed by atoms with Gasteiger partial charge in [-0.2, -0.15) is 9.97 Å². The molecule has 1 aromatic carbocycles. The van der Waals surface area contributed by atoms with Gasteiger partial charge >= 0.3 is 6.01 Å². The topological polar surface area (TPSA) is 118 Å². The van der Waals surface area contributed by atoms with Crippen LogP contribution in [0.5, 0.6) is 6.01 Å². The van der Waals surface area contributed by atoms with Crippen LogP contribution < -0.4 is 26.0 Å². The molecule has 4 aromatic rings. The molecule has 0 radical (unpaired) electrons. The predicted octanol–water partition coefficient (Wildman–Crippen LogP) is 5.11. The number of hydrogen-bond acceptors (Lipinski definition) is 10. The van der Waals surface area contributed by atoms with Crippen LogP contribution in [-0.4, -0.2) is 83.5 Å². The number of nitrogens with two attached hydrogens (primary N) is 1. The molecule has 0 amide bonds. The molecule has 4 N–H and O–H groups in total. The Kier molecular flexibility index (Phi) is 6.38. The van der Waals surface area contributed by atoms with Crippen LogP contribution >= 0.6 is 0 Å². The second-order valence-electron chi connectivity index (χ2n) is 13.7. The molecule has 2 bridgehead atoms. The van der Waals surface area contributed by atoms with Crippen molar-refractivity contribution in [3.05, 3.63) is 29.3 Å². The fraction of sp³-hybridized carbons (Fsp3) is 0.545. The van der Waals surface area contributed by atoms with Crippen LogP contribution in [0.25, 0.3) is 33.1 Å². The quantitative estimate of drug-likeness (QED) is 0.253. The number of nitrogens with zero attached hydrogens (tertiary/aromatic N) is 5. The summed E-state index contributed by atoms with van der Waals surface area (Å²) in [6, 6.07) is 3.43. The zero-order valence-corrected chi connectivity index (χ0v) is 25.7. The van der Waals surface area contributed by atoms with E-state index in [1.54, 1.807) is 13.1 Å². The summed E-state index contributed by atoms with van der Waals surface area (Å²) in [4.78, 5) is 19.3. The van der Waals surface area contributed by atoms with Gasteiger partial charge in [0.15, 0.2) is 23.3 Å². The molecule has 242 valence electrons. The van der Waals surface area contributed by atoms with Crippen LogP contribution in [0.3, 0.4) is 0 Å². The molecule has 46 heavy (non-hydrogen) atoms. The number of furan rings is 1. The van der Waals surface area contributed by atoms with Crippen LogP contribution in [0.2, 0.25) is 0 Å². The second-order valence-corrected chi connectivity index (χ2v) is 13.7. The summed E-state index contributed by atoms with van der Waals surface area (Å²) in [6.45, 7) is 3.20. The van der Waals surface area contributed by atoms with Crippen molar-refractivity contribution < 1.29 is 22.3 Å². The molecule has 3 aromatic heterocycles. The number of halogens is 3. The van der Waals surface area contributed by atoms with Crippen LogP contribution in [0.1, 0.15) is 56.4 Å². The maximum absolute atomic E-state index is 16.0. The molecule has 5 fully saturated rings. The van der Waals surface area contributed by atoms with Gasteiger partial charge in [0.2, 0.25) is 0 Å². The van der Waals surface area contributed by atoms with Crippen molar-refractivity contribution >= 4 is 39.5 Å². The third-order valence-corrected chi connectivity index (χ3v) is 10.9. The van der Waals surface area contributed by atoms with Gasteiger partial charge in [0, 0.05) is 73.3 Å². The number of hydrogen-bond donors (Lipinski definition) is 3. The standard InChI is InChI=1S/C33H37F3N8O2/c1-38-30-20(25-26-23(10-21(35)27(25)36)46-29(37)24(26)16-3-4-16)9-22-28(41-30)31(44-18-5-6-19(44)13-39-12-18)42-32(40-22)45-15-33-7-2-8-43(33)14-17(34)11-33/h9-10,16-19,39H,2-8,11-15,37H2,1H3,(H,38,41)/t17-,18?,19?,33+/m1/s1. The number of aromatic nitrogens is 3. The predicted molar refractivity (Wildman–Crippen MR) is 169 cm³/mol. The number of nitrogens with one attached hydrogen (secondary N) is 2. The largest absolute Gasteiger partial charge is 0.461 e. The summed E-state index contributed by atoms with van der Waals surface area (Å²) < 4.78 is 57.8. The summed E-state index contributed by atoms with van der Waals surface area (Å²) in [6.07, 6.45) is 5.25. The van der Waals surface area contributed by atoms with E-state index in [1.807, 2.05) is 0 Å². The fourth-order valence-electron chi connectivity index (χ4n) is 8.70. The number of benzene rings is 1. The van der Waals surface area contributed by atoms with Gasteiger partial charge in [0.05, 0.1) is 11.1 Å². The molecular weight excluding hydrogens is 597 g/mol. The van der Waals surface area contributed by atoms with Crippen LogP contribution in [0, 0.1) is 11.6 Å². The van der Waals surface area contributed by atoms with Gasteiger partial charge in [-0.25, -0.2) is 18.2 Å². The number of anilines is 3. The second kappa shape index (κ2) is 10.3. The van der Waals surface area contributed by atoms with Gasteiger partial charge in [-0.3, -0.25) is 4.90 Å². The lowest BCUT2D eigenvalue weighted by Crippen LogP contribution is -2.52. The molecular formula is C33H37F3N8O2. The first kappa shape index (κ1) is 28.4. The van der Waals surface area contributed by atoms with Crippen molar-refractivity contribution in [3.63, 3.8) is 0 Å². The summed E-state index contributed by atoms with van der Waals surface area (Å²) in [7, 11) is 1.70. The Hall–Kier alpha value is -3.84. The average molecular weight is 635 g/mol. The highest BCUT2D eigenvalue weighted by molar-refractivity contribution is 6.04. The van der Waals surface area contributed by atoms with E-state index in [9.17, 15) is 4.39 Å². The monoisotopic (exact) mass is 634 g/mol. The average Bonchev–Trinajstić information content (AvgIpc) is 3.53. The molecule has 1 saturated carbocycles. The number of pyridine rings is 1. The first-order chi connectivity index (χ1) is 22.3. The minimum absolute atomic E-state index is 0.0430. The molecule has 9 rings (SSSR count). The van der Waals surface area contributed by atoms with E-state index in [0.29, 0.717) is 52.1 Å². The minimum Gasteiger partial charge on any atom is -0.461 e. The van der Waals surface area contributed by atoms with E-state index >= 15 is 8.78 Å². The highest BCUT2D eigenvalue weighted by atomic mass is 19.2. The zero-order chi connectivity index (χ0) is 31.3. The van der Waals surface area contributed by atoms with E-state index in [0.717, 1.165) is 64.2 Å². The summed E-state index contributed by atoms with van der Waals surface area (Å²) >= 11 is 0. The highest BCUT2D eigenvalue weighted by Crippen LogP contribution is 2.51. The molecule has 4 aliphatic heterocycles. The van der Waals surface area contributed by atoms with Crippen molar-refractivity contribution in [2.45, 2.75) is 74.7 Å². The highest BCUT2D eigenvalue weighted by Gasteiger charge is 2.49. The van der Waals surface area contributed by atoms with E-state index in [1.165, 1.54) is 0 Å². The SMILES string of the molecule is CNc1nc2c(N3C4CCC3CNC4)nc(OC[C@@]34CCCN3C[C@H](F)C4)nc2cc1-c1c(F)c(F)cc2oc(N)c(C3CC3)c12. The molecule has 0 spiro atoms. The van der Waals surface area contributed by atoms with E-state index in [-0.39, 0.29) is 53.2 Å². The van der Waals surface area contributed by atoms with Crippen molar-refractivity contribution in [1.29, 1.82) is 0 Å². The maximum atomic E-state index is 16.0. The van der Waals surface area contributed by atoms with Crippen molar-refractivity contribution in [2.24, 2.45) is 0 Å². The molecule has 10 nitrogen and oxygen atoms in total. The van der Waals surface area contributed by atoms with Crippen molar-refractivity contribution in [1.82, 2.24) is 25.2 Å². The Bertz CT molecular complexity index is 1870. The maximum Gasteiger partial charge on any atom is 0.319 e. The Labute approximate surface area is 263 Å². The lowest BCUT2D eigenvalue weighted by atomic mass is 9.95. The number of alkyl halides is 1. The molecule has 7 heterocycles. The molecule has 4 atom stereocenters. The summed E-state index contributed by atoms with van der Waals surface area (Å²) in [5, 5.41) is 7.10. The van der Waals surface area contributed by atoms with Gasteiger partial charge in [-0.1, -0.05) is 0 Å².